The quantitative estimate of drug-likeness (QED) is 0.528. The maximum Gasteiger partial charge on any atom is -0.00432 e. The SMILES string of the molecule is CC(C)[CH]CN. The predicted molar refractivity (Wildman–Crippen MR) is 28.2 cm³/mol. The summed E-state index contributed by atoms with van der Waals surface area (Å²) in [5.41, 5.74) is 5.17. The molecule has 0 bridgehead atoms. The summed E-state index contributed by atoms with van der Waals surface area (Å²) in [7, 11) is 0. The highest BCUT2D eigenvalue weighted by atomic mass is 14.5. The molecule has 0 heterocycles. The van der Waals surface area contributed by atoms with Crippen LogP contribution < -0.4 is 5.73 Å². The van der Waals surface area contributed by atoms with Gasteiger partial charge in [0.1, 0.15) is 0 Å². The first kappa shape index (κ1) is 5.96. The van der Waals surface area contributed by atoms with Crippen LogP contribution in [0.4, 0.5) is 0 Å². The molecule has 0 aromatic carbocycles. The van der Waals surface area contributed by atoms with Gasteiger partial charge in [-0.25, -0.2) is 0 Å². The van der Waals surface area contributed by atoms with Gasteiger partial charge in [0.05, 0.1) is 0 Å². The molecule has 0 fully saturated rings. The van der Waals surface area contributed by atoms with E-state index in [1.165, 1.54) is 0 Å². The van der Waals surface area contributed by atoms with Crippen molar-refractivity contribution in [2.45, 2.75) is 13.8 Å². The second-order valence-electron chi connectivity index (χ2n) is 1.72. The van der Waals surface area contributed by atoms with Gasteiger partial charge in [0, 0.05) is 0 Å². The van der Waals surface area contributed by atoms with E-state index in [0.29, 0.717) is 12.5 Å². The summed E-state index contributed by atoms with van der Waals surface area (Å²) < 4.78 is 0. The van der Waals surface area contributed by atoms with Crippen molar-refractivity contribution in [3.63, 3.8) is 0 Å². The number of rotatable bonds is 2. The van der Waals surface area contributed by atoms with E-state index in [-0.39, 0.29) is 0 Å². The van der Waals surface area contributed by atoms with Crippen molar-refractivity contribution < 1.29 is 0 Å². The molecule has 0 amide bonds. The summed E-state index contributed by atoms with van der Waals surface area (Å²) in [4.78, 5) is 0. The minimum Gasteiger partial charge on any atom is -0.330 e. The van der Waals surface area contributed by atoms with Crippen LogP contribution in [0.5, 0.6) is 0 Å². The van der Waals surface area contributed by atoms with Crippen molar-refractivity contribution in [2.75, 3.05) is 6.54 Å². The van der Waals surface area contributed by atoms with E-state index in [9.17, 15) is 0 Å². The van der Waals surface area contributed by atoms with Crippen LogP contribution in [0.25, 0.3) is 0 Å². The van der Waals surface area contributed by atoms with E-state index in [2.05, 4.69) is 20.3 Å². The Bertz CT molecular complexity index is 25.1. The van der Waals surface area contributed by atoms with Crippen LogP contribution in [0.15, 0.2) is 0 Å². The fourth-order valence-corrected chi connectivity index (χ4v) is 0.272. The van der Waals surface area contributed by atoms with Crippen molar-refractivity contribution in [1.29, 1.82) is 0 Å². The first-order valence-corrected chi connectivity index (χ1v) is 2.30. The molecule has 0 aromatic rings. The standard InChI is InChI=1S/C5H12N/c1-5(2)3-4-6/h3,5H,4,6H2,1-2H3. The third-order valence-corrected chi connectivity index (χ3v) is 0.607. The Balaban J connectivity index is 2.63. The van der Waals surface area contributed by atoms with Crippen LogP contribution in [0, 0.1) is 12.3 Å². The van der Waals surface area contributed by atoms with Gasteiger partial charge in [0.25, 0.3) is 0 Å². The van der Waals surface area contributed by atoms with Crippen LogP contribution in [-0.4, -0.2) is 6.54 Å². The molecule has 1 nitrogen and oxygen atoms in total. The highest BCUT2D eigenvalue weighted by molar-refractivity contribution is 4.67. The second-order valence-corrected chi connectivity index (χ2v) is 1.72. The fraction of sp³-hybridized carbons (Fsp3) is 0.800. The number of hydrogen-bond donors (Lipinski definition) is 1. The summed E-state index contributed by atoms with van der Waals surface area (Å²) in [6, 6.07) is 0. The minimum absolute atomic E-state index is 0.648. The van der Waals surface area contributed by atoms with Crippen molar-refractivity contribution in [2.24, 2.45) is 11.7 Å². The van der Waals surface area contributed by atoms with Crippen molar-refractivity contribution in [1.82, 2.24) is 0 Å². The van der Waals surface area contributed by atoms with E-state index < -0.39 is 0 Å². The molecule has 37 valence electrons. The van der Waals surface area contributed by atoms with E-state index in [1.54, 1.807) is 0 Å². The van der Waals surface area contributed by atoms with Gasteiger partial charge in [-0.2, -0.15) is 0 Å². The maximum absolute atomic E-state index is 5.17. The van der Waals surface area contributed by atoms with Crippen LogP contribution in [0.2, 0.25) is 0 Å². The van der Waals surface area contributed by atoms with E-state index in [4.69, 9.17) is 5.73 Å². The third kappa shape index (κ3) is 3.96. The Morgan fingerprint density at radius 1 is 1.67 bits per heavy atom. The Labute approximate surface area is 39.5 Å². The van der Waals surface area contributed by atoms with Gasteiger partial charge in [0.15, 0.2) is 0 Å². The highest BCUT2D eigenvalue weighted by Gasteiger charge is 1.86. The van der Waals surface area contributed by atoms with Gasteiger partial charge < -0.3 is 5.73 Å². The monoisotopic (exact) mass is 86.1 g/mol. The number of nitrogens with two attached hydrogens (primary N) is 1. The summed E-state index contributed by atoms with van der Waals surface area (Å²) in [5, 5.41) is 0. The second kappa shape index (κ2) is 3.16. The van der Waals surface area contributed by atoms with Gasteiger partial charge in [-0.3, -0.25) is 0 Å². The van der Waals surface area contributed by atoms with Crippen LogP contribution in [0.1, 0.15) is 13.8 Å². The van der Waals surface area contributed by atoms with Gasteiger partial charge in [0.2, 0.25) is 0 Å². The Morgan fingerprint density at radius 3 is 2.17 bits per heavy atom. The molecule has 0 aliphatic carbocycles. The molecule has 1 radical (unpaired) electrons. The maximum atomic E-state index is 5.17. The van der Waals surface area contributed by atoms with Crippen LogP contribution in [0.3, 0.4) is 0 Å². The summed E-state index contributed by atoms with van der Waals surface area (Å²) in [6.45, 7) is 4.94. The lowest BCUT2D eigenvalue weighted by Crippen LogP contribution is -2.03. The zero-order valence-corrected chi connectivity index (χ0v) is 4.44. The lowest BCUT2D eigenvalue weighted by molar-refractivity contribution is 0.737. The lowest BCUT2D eigenvalue weighted by Gasteiger charge is -1.95. The van der Waals surface area contributed by atoms with Gasteiger partial charge >= 0.3 is 0 Å². The molecule has 6 heavy (non-hydrogen) atoms. The van der Waals surface area contributed by atoms with Gasteiger partial charge in [-0.15, -0.1) is 0 Å². The van der Waals surface area contributed by atoms with Crippen LogP contribution in [-0.2, 0) is 0 Å². The first-order valence-electron chi connectivity index (χ1n) is 2.30. The average molecular weight is 86.2 g/mol. The highest BCUT2D eigenvalue weighted by Crippen LogP contribution is 1.92. The van der Waals surface area contributed by atoms with Crippen LogP contribution >= 0.6 is 0 Å². The summed E-state index contributed by atoms with van der Waals surface area (Å²) in [5.74, 6) is 0.648. The smallest absolute Gasteiger partial charge is 0.00432 e. The topological polar surface area (TPSA) is 26.0 Å². The first-order chi connectivity index (χ1) is 2.77. The molecule has 0 atom stereocenters. The molecular formula is C5H12N. The Morgan fingerprint density at radius 2 is 2.17 bits per heavy atom. The minimum atomic E-state index is 0.648. The Kier molecular flexibility index (Phi) is 3.14. The molecule has 0 aliphatic heterocycles. The third-order valence-electron chi connectivity index (χ3n) is 0.607. The summed E-state index contributed by atoms with van der Waals surface area (Å²) in [6.07, 6.45) is 2.07. The lowest BCUT2D eigenvalue weighted by atomic mass is 10.1. The zero-order chi connectivity index (χ0) is 4.99. The normalized spacial score (nSPS) is 10.0. The van der Waals surface area contributed by atoms with E-state index in [0.717, 1.165) is 0 Å². The average Bonchev–Trinajstić information content (AvgIpc) is 1.35. The van der Waals surface area contributed by atoms with E-state index in [1.807, 2.05) is 0 Å². The molecule has 1 heteroatoms. The fourth-order valence-electron chi connectivity index (χ4n) is 0.272. The van der Waals surface area contributed by atoms with Gasteiger partial charge in [-0.1, -0.05) is 13.8 Å². The molecule has 0 saturated carbocycles. The van der Waals surface area contributed by atoms with Crippen molar-refractivity contribution >= 4 is 0 Å². The molecule has 0 unspecified atom stereocenters. The molecule has 0 rings (SSSR count). The van der Waals surface area contributed by atoms with E-state index >= 15 is 0 Å². The molecule has 2 N–H and O–H groups in total. The van der Waals surface area contributed by atoms with Crippen molar-refractivity contribution in [3.05, 3.63) is 6.42 Å². The van der Waals surface area contributed by atoms with Gasteiger partial charge in [-0.05, 0) is 18.9 Å². The zero-order valence-electron chi connectivity index (χ0n) is 4.44. The molecule has 0 aromatic heterocycles. The summed E-state index contributed by atoms with van der Waals surface area (Å²) >= 11 is 0. The predicted octanol–water partition coefficient (Wildman–Crippen LogP) is 0.805. The van der Waals surface area contributed by atoms with Crippen molar-refractivity contribution in [3.8, 4) is 0 Å². The molecular weight excluding hydrogens is 74.1 g/mol. The molecule has 0 saturated heterocycles. The number of hydrogen-bond acceptors (Lipinski definition) is 1. The largest absolute Gasteiger partial charge is 0.330 e. The molecule has 0 spiro atoms. The Hall–Kier alpha value is -0.0400. The molecule has 0 aliphatic rings.